The zero-order chi connectivity index (χ0) is 24.9. The predicted octanol–water partition coefficient (Wildman–Crippen LogP) is 9.05. The lowest BCUT2D eigenvalue weighted by Gasteiger charge is -2.58. The minimum Gasteiger partial charge on any atom is -0.418 e. The van der Waals surface area contributed by atoms with Gasteiger partial charge in [-0.25, -0.2) is 0 Å². The van der Waals surface area contributed by atoms with Gasteiger partial charge in [0.15, 0.2) is 16.6 Å². The van der Waals surface area contributed by atoms with Crippen LogP contribution in [0.2, 0.25) is 39.3 Å². The zero-order valence-corrected chi connectivity index (χ0v) is 26.1. The Hall–Kier alpha value is 0.0938. The van der Waals surface area contributed by atoms with Crippen molar-refractivity contribution < 1.29 is 8.85 Å². The summed E-state index contributed by atoms with van der Waals surface area (Å²) in [7, 11) is -2.83. The molecule has 4 heteroatoms. The summed E-state index contributed by atoms with van der Waals surface area (Å²) < 4.78 is 12.8. The predicted molar refractivity (Wildman–Crippen MR) is 151 cm³/mol. The molecule has 3 fully saturated rings. The van der Waals surface area contributed by atoms with Crippen LogP contribution in [0.3, 0.4) is 0 Å². The smallest absolute Gasteiger partial charge is 0.184 e. The Balaban J connectivity index is 1.41. The van der Waals surface area contributed by atoms with E-state index in [1.54, 1.807) is 5.57 Å². The highest BCUT2D eigenvalue weighted by atomic mass is 28.4. The zero-order valence-electron chi connectivity index (χ0n) is 24.1. The first-order valence-electron chi connectivity index (χ1n) is 14.7. The molecule has 0 amide bonds. The van der Waals surface area contributed by atoms with Crippen molar-refractivity contribution in [1.29, 1.82) is 0 Å². The molecule has 34 heavy (non-hydrogen) atoms. The van der Waals surface area contributed by atoms with Gasteiger partial charge in [0.25, 0.3) is 0 Å². The van der Waals surface area contributed by atoms with Crippen LogP contribution in [0.25, 0.3) is 0 Å². The summed E-state index contributed by atoms with van der Waals surface area (Å²) >= 11 is 0. The Morgan fingerprint density at radius 3 is 2.35 bits per heavy atom. The van der Waals surface area contributed by atoms with Gasteiger partial charge in [0.05, 0.1) is 0 Å². The van der Waals surface area contributed by atoms with Crippen LogP contribution in [-0.2, 0) is 8.85 Å². The molecular formula is C30H56O2Si2. The van der Waals surface area contributed by atoms with Gasteiger partial charge in [-0.3, -0.25) is 0 Å². The first kappa shape index (κ1) is 27.1. The van der Waals surface area contributed by atoms with Crippen molar-refractivity contribution >= 4 is 16.6 Å². The number of fused-ring (bicyclic) bond motifs is 5. The summed E-state index contributed by atoms with van der Waals surface area (Å²) in [4.78, 5) is 0. The molecule has 2 nitrogen and oxygen atoms in total. The number of hydrogen-bond donors (Lipinski definition) is 0. The second-order valence-corrected chi connectivity index (χ2v) is 24.1. The molecule has 4 aliphatic carbocycles. The van der Waals surface area contributed by atoms with Crippen LogP contribution in [0.4, 0.5) is 0 Å². The first-order valence-corrected chi connectivity index (χ1v) is 21.6. The Bertz CT molecular complexity index is 750. The molecule has 0 bridgehead atoms. The summed E-state index contributed by atoms with van der Waals surface area (Å²) in [6, 6.07) is 0. The van der Waals surface area contributed by atoms with Crippen LogP contribution in [0.15, 0.2) is 11.6 Å². The van der Waals surface area contributed by atoms with E-state index in [4.69, 9.17) is 8.85 Å². The van der Waals surface area contributed by atoms with Crippen LogP contribution in [0.1, 0.15) is 85.0 Å². The second kappa shape index (κ2) is 9.76. The van der Waals surface area contributed by atoms with Crippen molar-refractivity contribution in [3.63, 3.8) is 0 Å². The minimum absolute atomic E-state index is 0.446. The quantitative estimate of drug-likeness (QED) is 0.186. The number of rotatable bonds is 8. The van der Waals surface area contributed by atoms with Gasteiger partial charge in [-0.15, -0.1) is 0 Å². The van der Waals surface area contributed by atoms with Crippen LogP contribution < -0.4 is 0 Å². The van der Waals surface area contributed by atoms with Crippen molar-refractivity contribution in [1.82, 2.24) is 0 Å². The molecule has 0 aliphatic heterocycles. The fraction of sp³-hybridized carbons (Fsp3) is 0.933. The molecule has 0 spiro atoms. The minimum atomic E-state index is -1.46. The molecule has 3 saturated carbocycles. The van der Waals surface area contributed by atoms with Gasteiger partial charge < -0.3 is 8.85 Å². The lowest BCUT2D eigenvalue weighted by Crippen LogP contribution is -2.51. The molecule has 0 aromatic heterocycles. The molecule has 0 N–H and O–H groups in total. The van der Waals surface area contributed by atoms with E-state index in [2.05, 4.69) is 66.1 Å². The first-order chi connectivity index (χ1) is 15.7. The summed E-state index contributed by atoms with van der Waals surface area (Å²) in [6.07, 6.45) is 16.9. The van der Waals surface area contributed by atoms with Gasteiger partial charge in [-0.1, -0.05) is 32.4 Å². The largest absolute Gasteiger partial charge is 0.418 e. The highest BCUT2D eigenvalue weighted by Gasteiger charge is 2.59. The van der Waals surface area contributed by atoms with E-state index < -0.39 is 16.6 Å². The van der Waals surface area contributed by atoms with Crippen molar-refractivity contribution in [2.45, 2.75) is 130 Å². The van der Waals surface area contributed by atoms with Crippen LogP contribution >= 0.6 is 0 Å². The summed E-state index contributed by atoms with van der Waals surface area (Å²) in [5.74, 6) is 4.55. The average Bonchev–Trinajstić information content (AvgIpc) is 3.07. The maximum Gasteiger partial charge on any atom is 0.184 e. The molecule has 0 heterocycles. The molecule has 196 valence electrons. The van der Waals surface area contributed by atoms with E-state index in [0.717, 1.165) is 36.2 Å². The Labute approximate surface area is 214 Å². The van der Waals surface area contributed by atoms with Gasteiger partial charge in [-0.05, 0) is 144 Å². The summed E-state index contributed by atoms with van der Waals surface area (Å²) in [5, 5.41) is 0. The van der Waals surface area contributed by atoms with E-state index >= 15 is 0 Å². The molecule has 0 radical (unpaired) electrons. The Kier molecular flexibility index (Phi) is 7.79. The van der Waals surface area contributed by atoms with E-state index in [1.165, 1.54) is 64.2 Å². The third-order valence-corrected chi connectivity index (χ3v) is 12.8. The van der Waals surface area contributed by atoms with Gasteiger partial charge in [-0.2, -0.15) is 0 Å². The Morgan fingerprint density at radius 2 is 1.68 bits per heavy atom. The van der Waals surface area contributed by atoms with Gasteiger partial charge in [0.2, 0.25) is 0 Å². The molecule has 0 saturated heterocycles. The monoisotopic (exact) mass is 504 g/mol. The van der Waals surface area contributed by atoms with Crippen molar-refractivity contribution in [3.05, 3.63) is 11.6 Å². The van der Waals surface area contributed by atoms with Gasteiger partial charge in [0.1, 0.15) is 0 Å². The van der Waals surface area contributed by atoms with Crippen molar-refractivity contribution in [3.8, 4) is 0 Å². The molecule has 3 unspecified atom stereocenters. The molecule has 0 aromatic rings. The number of allylic oxidation sites excluding steroid dienone is 1. The lowest BCUT2D eigenvalue weighted by atomic mass is 9.47. The van der Waals surface area contributed by atoms with Crippen molar-refractivity contribution in [2.75, 3.05) is 6.61 Å². The third-order valence-electron chi connectivity index (χ3n) is 10.7. The number of hydrogen-bond acceptors (Lipinski definition) is 2. The highest BCUT2D eigenvalue weighted by molar-refractivity contribution is 6.70. The average molecular weight is 505 g/mol. The lowest BCUT2D eigenvalue weighted by molar-refractivity contribution is -0.0563. The molecule has 0 aromatic carbocycles. The van der Waals surface area contributed by atoms with Gasteiger partial charge in [0, 0.05) is 12.7 Å². The maximum absolute atomic E-state index is 6.58. The molecular weight excluding hydrogens is 449 g/mol. The van der Waals surface area contributed by atoms with E-state index in [1.807, 2.05) is 0 Å². The summed E-state index contributed by atoms with van der Waals surface area (Å²) in [6.45, 7) is 22.9. The molecule has 8 atom stereocenters. The standard InChI is InChI=1S/C30H56O2Si2/c1-22(11-10-20-31-33(4,5)6)26-14-15-27-25-13-12-23-21-24(32-34(7,8)9)16-18-29(23,2)28(25)17-19-30(26,27)3/h12,22,24-28H,10-11,13-21H2,1-9H3/t22-,24+,25?,26-,27?,28?,29+,30-/m1/s1. The summed E-state index contributed by atoms with van der Waals surface area (Å²) in [5.41, 5.74) is 2.79. The van der Waals surface area contributed by atoms with Crippen molar-refractivity contribution in [2.24, 2.45) is 40.4 Å². The fourth-order valence-corrected chi connectivity index (χ4v) is 11.1. The molecule has 4 aliphatic rings. The maximum atomic E-state index is 6.58. The third kappa shape index (κ3) is 5.50. The Morgan fingerprint density at radius 1 is 0.941 bits per heavy atom. The topological polar surface area (TPSA) is 18.5 Å². The molecule has 4 rings (SSSR count). The van der Waals surface area contributed by atoms with E-state index in [0.29, 0.717) is 16.9 Å². The normalized spacial score (nSPS) is 41.3. The second-order valence-electron chi connectivity index (χ2n) is 15.2. The SMILES string of the molecule is C[C@H](CCCO[Si](C)(C)C)[C@H]1CCC2C3CC=C4C[C@@H](O[Si](C)(C)C)CC[C@]4(C)C3CC[C@@]21C. The van der Waals surface area contributed by atoms with E-state index in [-0.39, 0.29) is 0 Å². The van der Waals surface area contributed by atoms with Crippen LogP contribution in [0.5, 0.6) is 0 Å². The van der Waals surface area contributed by atoms with Gasteiger partial charge >= 0.3 is 0 Å². The van der Waals surface area contributed by atoms with Crippen LogP contribution in [0, 0.1) is 40.4 Å². The fourth-order valence-electron chi connectivity index (χ4n) is 9.19. The van der Waals surface area contributed by atoms with Crippen LogP contribution in [-0.4, -0.2) is 29.3 Å². The van der Waals surface area contributed by atoms with E-state index in [9.17, 15) is 0 Å². The highest BCUT2D eigenvalue weighted by Crippen LogP contribution is 2.67.